The largest absolute Gasteiger partial charge is 0.394 e. The van der Waals surface area contributed by atoms with Gasteiger partial charge in [-0.2, -0.15) is 0 Å². The Hall–Kier alpha value is -0.120. The maximum absolute atomic E-state index is 9.51. The first-order chi connectivity index (χ1) is 9.18. The summed E-state index contributed by atoms with van der Waals surface area (Å²) in [6, 6.07) is 0. The molecular weight excluding hydrogens is 236 g/mol. The third kappa shape index (κ3) is 3.93. The first-order valence-corrected chi connectivity index (χ1v) is 8.30. The lowest BCUT2D eigenvalue weighted by Gasteiger charge is -2.31. The fraction of sp³-hybridized carbons (Fsp3) is 1.00. The average molecular weight is 268 g/mol. The first-order valence-electron chi connectivity index (χ1n) is 8.30. The van der Waals surface area contributed by atoms with Gasteiger partial charge in [0.25, 0.3) is 0 Å². The van der Waals surface area contributed by atoms with E-state index in [4.69, 9.17) is 5.73 Å². The molecule has 2 fully saturated rings. The molecule has 3 unspecified atom stereocenters. The Morgan fingerprint density at radius 3 is 2.79 bits per heavy atom. The minimum absolute atomic E-state index is 0.162. The Labute approximate surface area is 118 Å². The molecule has 1 saturated heterocycles. The van der Waals surface area contributed by atoms with E-state index in [1.165, 1.54) is 64.6 Å². The number of likely N-dealkylation sites (tertiary alicyclic amines) is 1. The Bertz CT molecular complexity index is 271. The molecule has 19 heavy (non-hydrogen) atoms. The molecule has 0 bridgehead atoms. The van der Waals surface area contributed by atoms with E-state index in [0.717, 1.165) is 12.3 Å². The minimum atomic E-state index is -0.280. The zero-order valence-corrected chi connectivity index (χ0v) is 12.6. The third-order valence-electron chi connectivity index (χ3n) is 5.61. The Kier molecular flexibility index (Phi) is 5.67. The Morgan fingerprint density at radius 1 is 1.21 bits per heavy atom. The highest BCUT2D eigenvalue weighted by molar-refractivity contribution is 4.96. The van der Waals surface area contributed by atoms with Crippen molar-refractivity contribution in [3.63, 3.8) is 0 Å². The number of hydrogen-bond acceptors (Lipinski definition) is 3. The van der Waals surface area contributed by atoms with Crippen molar-refractivity contribution in [2.45, 2.75) is 63.8 Å². The molecule has 2 aliphatic rings. The summed E-state index contributed by atoms with van der Waals surface area (Å²) in [6.07, 6.45) is 10.1. The summed E-state index contributed by atoms with van der Waals surface area (Å²) in [4.78, 5) is 2.63. The minimum Gasteiger partial charge on any atom is -0.394 e. The van der Waals surface area contributed by atoms with Gasteiger partial charge in [-0.1, -0.05) is 19.8 Å². The van der Waals surface area contributed by atoms with Crippen LogP contribution in [-0.2, 0) is 0 Å². The lowest BCUT2D eigenvalue weighted by Crippen LogP contribution is -2.47. The molecule has 0 spiro atoms. The van der Waals surface area contributed by atoms with E-state index in [-0.39, 0.29) is 12.1 Å². The van der Waals surface area contributed by atoms with Crippen LogP contribution in [0, 0.1) is 11.8 Å². The smallest absolute Gasteiger partial charge is 0.0613 e. The van der Waals surface area contributed by atoms with E-state index in [9.17, 15) is 5.11 Å². The molecule has 2 rings (SSSR count). The van der Waals surface area contributed by atoms with E-state index in [2.05, 4.69) is 11.8 Å². The van der Waals surface area contributed by atoms with Crippen molar-refractivity contribution in [3.8, 4) is 0 Å². The molecule has 1 heterocycles. The van der Waals surface area contributed by atoms with Gasteiger partial charge in [-0.15, -0.1) is 0 Å². The number of hydrogen-bond donors (Lipinski definition) is 2. The standard InChI is InChI=1S/C16H32N2O/c1-2-14-5-4-10-18(11-7-14)12-8-15-6-3-9-16(15,17)13-19/h14-15,19H,2-13,17H2,1H3. The second kappa shape index (κ2) is 7.05. The normalized spacial score (nSPS) is 37.4. The zero-order valence-electron chi connectivity index (χ0n) is 12.6. The highest BCUT2D eigenvalue weighted by Gasteiger charge is 2.38. The van der Waals surface area contributed by atoms with Crippen LogP contribution in [0.1, 0.15) is 58.3 Å². The number of aliphatic hydroxyl groups is 1. The molecule has 0 radical (unpaired) electrons. The summed E-state index contributed by atoms with van der Waals surface area (Å²) in [5.41, 5.74) is 6.04. The fourth-order valence-electron chi connectivity index (χ4n) is 4.00. The SMILES string of the molecule is CCC1CCCN(CCC2CCCC2(N)CO)CC1. The van der Waals surface area contributed by atoms with Crippen LogP contribution in [0.15, 0.2) is 0 Å². The summed E-state index contributed by atoms with van der Waals surface area (Å²) in [6.45, 7) is 6.19. The van der Waals surface area contributed by atoms with Gasteiger partial charge < -0.3 is 15.7 Å². The van der Waals surface area contributed by atoms with E-state index in [0.29, 0.717) is 5.92 Å². The molecule has 1 aliphatic heterocycles. The van der Waals surface area contributed by atoms with Crippen LogP contribution in [0.2, 0.25) is 0 Å². The maximum atomic E-state index is 9.51. The van der Waals surface area contributed by atoms with Crippen molar-refractivity contribution in [1.29, 1.82) is 0 Å². The number of nitrogens with zero attached hydrogens (tertiary/aromatic N) is 1. The van der Waals surface area contributed by atoms with E-state index in [1.807, 2.05) is 0 Å². The Balaban J connectivity index is 1.76. The van der Waals surface area contributed by atoms with Crippen molar-refractivity contribution in [3.05, 3.63) is 0 Å². The predicted molar refractivity (Wildman–Crippen MR) is 80.0 cm³/mol. The molecule has 0 aromatic carbocycles. The summed E-state index contributed by atoms with van der Waals surface area (Å²) < 4.78 is 0. The van der Waals surface area contributed by atoms with Gasteiger partial charge in [-0.3, -0.25) is 0 Å². The van der Waals surface area contributed by atoms with Crippen molar-refractivity contribution < 1.29 is 5.11 Å². The highest BCUT2D eigenvalue weighted by Crippen LogP contribution is 2.36. The van der Waals surface area contributed by atoms with E-state index >= 15 is 0 Å². The fourth-order valence-corrected chi connectivity index (χ4v) is 4.00. The van der Waals surface area contributed by atoms with Gasteiger partial charge in [0.15, 0.2) is 0 Å². The molecular formula is C16H32N2O. The van der Waals surface area contributed by atoms with Crippen LogP contribution in [0.25, 0.3) is 0 Å². The second-order valence-corrected chi connectivity index (χ2v) is 6.82. The molecule has 3 N–H and O–H groups in total. The monoisotopic (exact) mass is 268 g/mol. The van der Waals surface area contributed by atoms with Crippen LogP contribution >= 0.6 is 0 Å². The van der Waals surface area contributed by atoms with Crippen LogP contribution in [-0.4, -0.2) is 41.8 Å². The molecule has 0 aromatic heterocycles. The van der Waals surface area contributed by atoms with Crippen molar-refractivity contribution in [2.24, 2.45) is 17.6 Å². The van der Waals surface area contributed by atoms with Crippen molar-refractivity contribution in [2.75, 3.05) is 26.2 Å². The molecule has 3 atom stereocenters. The molecule has 0 aromatic rings. The third-order valence-corrected chi connectivity index (χ3v) is 5.61. The Morgan fingerprint density at radius 2 is 2.05 bits per heavy atom. The molecule has 0 amide bonds. The first kappa shape index (κ1) is 15.3. The summed E-state index contributed by atoms with van der Waals surface area (Å²) in [7, 11) is 0. The second-order valence-electron chi connectivity index (χ2n) is 6.82. The zero-order chi connectivity index (χ0) is 13.7. The van der Waals surface area contributed by atoms with Crippen LogP contribution in [0.4, 0.5) is 0 Å². The number of rotatable bonds is 5. The van der Waals surface area contributed by atoms with E-state index in [1.54, 1.807) is 0 Å². The molecule has 1 aliphatic carbocycles. The van der Waals surface area contributed by atoms with Gasteiger partial charge in [-0.25, -0.2) is 0 Å². The van der Waals surface area contributed by atoms with Crippen molar-refractivity contribution in [1.82, 2.24) is 4.90 Å². The predicted octanol–water partition coefficient (Wildman–Crippen LogP) is 2.38. The van der Waals surface area contributed by atoms with Gasteiger partial charge in [-0.05, 0) is 70.0 Å². The van der Waals surface area contributed by atoms with Gasteiger partial charge in [0.1, 0.15) is 0 Å². The van der Waals surface area contributed by atoms with Gasteiger partial charge in [0.2, 0.25) is 0 Å². The van der Waals surface area contributed by atoms with Crippen LogP contribution in [0.5, 0.6) is 0 Å². The molecule has 112 valence electrons. The van der Waals surface area contributed by atoms with Gasteiger partial charge in [0.05, 0.1) is 6.61 Å². The topological polar surface area (TPSA) is 49.5 Å². The summed E-state index contributed by atoms with van der Waals surface area (Å²) in [5, 5.41) is 9.51. The number of aliphatic hydroxyl groups excluding tert-OH is 1. The number of nitrogens with two attached hydrogens (primary N) is 1. The quantitative estimate of drug-likeness (QED) is 0.805. The summed E-state index contributed by atoms with van der Waals surface area (Å²) >= 11 is 0. The van der Waals surface area contributed by atoms with Crippen LogP contribution in [0.3, 0.4) is 0 Å². The molecule has 3 nitrogen and oxygen atoms in total. The van der Waals surface area contributed by atoms with Gasteiger partial charge in [0, 0.05) is 5.54 Å². The molecule has 1 saturated carbocycles. The summed E-state index contributed by atoms with van der Waals surface area (Å²) in [5.74, 6) is 1.48. The van der Waals surface area contributed by atoms with Gasteiger partial charge >= 0.3 is 0 Å². The van der Waals surface area contributed by atoms with Crippen molar-refractivity contribution >= 4 is 0 Å². The van der Waals surface area contributed by atoms with E-state index < -0.39 is 0 Å². The molecule has 3 heteroatoms. The lowest BCUT2D eigenvalue weighted by molar-refractivity contribution is 0.144. The lowest BCUT2D eigenvalue weighted by atomic mass is 9.86. The average Bonchev–Trinajstić information content (AvgIpc) is 2.66. The highest BCUT2D eigenvalue weighted by atomic mass is 16.3. The van der Waals surface area contributed by atoms with Crippen LogP contribution < -0.4 is 5.73 Å². The maximum Gasteiger partial charge on any atom is 0.0613 e.